The monoisotopic (exact) mass is 698 g/mol. The third-order valence-electron chi connectivity index (χ3n) is 12.2. The number of hydrogen-bond acceptors (Lipinski definition) is 1. The number of nitrogens with zero attached hydrogens (tertiary/aromatic N) is 2. The summed E-state index contributed by atoms with van der Waals surface area (Å²) >= 11 is 0. The first-order valence-corrected chi connectivity index (χ1v) is 19.1. The van der Waals surface area contributed by atoms with Gasteiger partial charge in [-0.3, -0.25) is 0 Å². The first kappa shape index (κ1) is 30.3. The van der Waals surface area contributed by atoms with Gasteiger partial charge in [-0.25, -0.2) is 0 Å². The molecule has 0 saturated heterocycles. The molecule has 0 radical (unpaired) electrons. The smallest absolute Gasteiger partial charge is 0.0726 e. The summed E-state index contributed by atoms with van der Waals surface area (Å²) < 4.78 is 2.45. The van der Waals surface area contributed by atoms with E-state index >= 15 is 0 Å². The molecule has 0 fully saturated rings. The first-order valence-electron chi connectivity index (χ1n) is 19.1. The van der Waals surface area contributed by atoms with E-state index in [-0.39, 0.29) is 0 Å². The predicted molar refractivity (Wildman–Crippen MR) is 229 cm³/mol. The lowest BCUT2D eigenvalue weighted by Gasteiger charge is -2.41. The molecular weight excluding hydrogens is 665 g/mol. The molecule has 256 valence electrons. The quantitative estimate of drug-likeness (QED) is 0.178. The number of fused-ring (bicyclic) bond motifs is 12. The molecule has 1 aromatic heterocycles. The summed E-state index contributed by atoms with van der Waals surface area (Å²) in [6, 6.07) is 76.3. The lowest BCUT2D eigenvalue weighted by molar-refractivity contribution is 0.775. The molecule has 1 spiro atoms. The highest BCUT2D eigenvalue weighted by molar-refractivity contribution is 6.16. The van der Waals surface area contributed by atoms with Gasteiger partial charge in [0.2, 0.25) is 0 Å². The highest BCUT2D eigenvalue weighted by Gasteiger charge is 2.50. The van der Waals surface area contributed by atoms with Gasteiger partial charge >= 0.3 is 0 Å². The Hall–Kier alpha value is -7.16. The molecule has 2 nitrogen and oxygen atoms in total. The van der Waals surface area contributed by atoms with Crippen molar-refractivity contribution in [3.63, 3.8) is 0 Å². The summed E-state index contributed by atoms with van der Waals surface area (Å²) in [6.45, 7) is 0. The second-order valence-corrected chi connectivity index (χ2v) is 14.8. The van der Waals surface area contributed by atoms with Crippen molar-refractivity contribution in [2.24, 2.45) is 0 Å². The van der Waals surface area contributed by atoms with Crippen LogP contribution in [0, 0.1) is 0 Å². The fourth-order valence-electron chi connectivity index (χ4n) is 10.1. The molecule has 1 heterocycles. The molecule has 2 aliphatic carbocycles. The Morgan fingerprint density at radius 3 is 1.60 bits per heavy atom. The molecule has 12 rings (SSSR count). The van der Waals surface area contributed by atoms with Gasteiger partial charge in [-0.1, -0.05) is 146 Å². The molecule has 0 bridgehead atoms. The number of para-hydroxylation sites is 4. The van der Waals surface area contributed by atoms with Gasteiger partial charge in [0.15, 0.2) is 0 Å². The van der Waals surface area contributed by atoms with Gasteiger partial charge < -0.3 is 9.47 Å². The minimum atomic E-state index is -0.526. The minimum Gasteiger partial charge on any atom is -0.310 e. The summed E-state index contributed by atoms with van der Waals surface area (Å²) in [5, 5.41) is 5.07. The molecule has 10 aromatic rings. The van der Waals surface area contributed by atoms with Crippen molar-refractivity contribution >= 4 is 49.6 Å². The zero-order chi connectivity index (χ0) is 36.1. The Morgan fingerprint density at radius 2 is 0.909 bits per heavy atom. The fraction of sp³-hybridized carbons (Fsp3) is 0.0189. The summed E-state index contributed by atoms with van der Waals surface area (Å²) in [4.78, 5) is 2.41. The topological polar surface area (TPSA) is 8.17 Å². The average molecular weight is 699 g/mol. The fourth-order valence-corrected chi connectivity index (χ4v) is 10.1. The lowest BCUT2D eigenvalue weighted by Crippen LogP contribution is -2.32. The molecule has 55 heavy (non-hydrogen) atoms. The van der Waals surface area contributed by atoms with E-state index in [0.717, 1.165) is 22.7 Å². The van der Waals surface area contributed by atoms with Crippen molar-refractivity contribution in [3.8, 4) is 27.9 Å². The normalized spacial score (nSPS) is 13.2. The Morgan fingerprint density at radius 1 is 0.345 bits per heavy atom. The van der Waals surface area contributed by atoms with Crippen molar-refractivity contribution in [2.75, 3.05) is 4.90 Å². The maximum Gasteiger partial charge on any atom is 0.0726 e. The highest BCUT2D eigenvalue weighted by atomic mass is 15.1. The zero-order valence-electron chi connectivity index (χ0n) is 30.0. The molecule has 2 aliphatic rings. The number of rotatable bonds is 4. The van der Waals surface area contributed by atoms with Crippen LogP contribution in [-0.2, 0) is 5.41 Å². The summed E-state index contributed by atoms with van der Waals surface area (Å²) in [5.74, 6) is 0. The Bertz CT molecular complexity index is 3050. The van der Waals surface area contributed by atoms with E-state index in [0.29, 0.717) is 0 Å². The van der Waals surface area contributed by atoms with E-state index in [1.165, 1.54) is 77.1 Å². The average Bonchev–Trinajstić information content (AvgIpc) is 3.74. The van der Waals surface area contributed by atoms with Crippen LogP contribution in [0.3, 0.4) is 0 Å². The predicted octanol–water partition coefficient (Wildman–Crippen LogP) is 13.8. The standard InChI is InChI=1S/C53H34N2/c1-4-17-35(18-5-1)54(36-19-6-2-7-20-36)50-32-31-41-43-34-51-44(40-25-12-15-30-49(40)55(51)37-21-8-3-9-22-37)33-48(43)53(47-29-16-26-42(50)52(41)47)45-27-13-10-23-38(45)39-24-11-14-28-46(39)53/h1-34H. The number of benzene rings is 9. The maximum atomic E-state index is 2.54. The molecule has 0 saturated carbocycles. The molecule has 9 aromatic carbocycles. The largest absolute Gasteiger partial charge is 0.310 e. The third-order valence-corrected chi connectivity index (χ3v) is 12.2. The second kappa shape index (κ2) is 11.4. The van der Waals surface area contributed by atoms with Gasteiger partial charge in [0.25, 0.3) is 0 Å². The number of hydrogen-bond donors (Lipinski definition) is 0. The van der Waals surface area contributed by atoms with E-state index in [9.17, 15) is 0 Å². The minimum absolute atomic E-state index is 0.526. The molecule has 0 unspecified atom stereocenters. The van der Waals surface area contributed by atoms with Gasteiger partial charge in [0, 0.05) is 33.2 Å². The van der Waals surface area contributed by atoms with Crippen LogP contribution in [-0.4, -0.2) is 4.57 Å². The van der Waals surface area contributed by atoms with Crippen molar-refractivity contribution in [2.45, 2.75) is 5.41 Å². The molecular formula is C53H34N2. The van der Waals surface area contributed by atoms with E-state index in [1.54, 1.807) is 0 Å². The summed E-state index contributed by atoms with van der Waals surface area (Å²) in [7, 11) is 0. The Kier molecular flexibility index (Phi) is 6.29. The third kappa shape index (κ3) is 4.03. The van der Waals surface area contributed by atoms with Gasteiger partial charge in [-0.15, -0.1) is 0 Å². The van der Waals surface area contributed by atoms with E-state index in [4.69, 9.17) is 0 Å². The van der Waals surface area contributed by atoms with Crippen molar-refractivity contribution in [1.29, 1.82) is 0 Å². The van der Waals surface area contributed by atoms with Crippen LogP contribution in [0.15, 0.2) is 206 Å². The molecule has 0 amide bonds. The summed E-state index contributed by atoms with van der Waals surface area (Å²) in [6.07, 6.45) is 0. The zero-order valence-corrected chi connectivity index (χ0v) is 30.0. The Labute approximate surface area is 319 Å². The van der Waals surface area contributed by atoms with Crippen molar-refractivity contribution in [1.82, 2.24) is 4.57 Å². The van der Waals surface area contributed by atoms with Crippen LogP contribution in [0.1, 0.15) is 22.3 Å². The lowest BCUT2D eigenvalue weighted by atomic mass is 9.61. The molecule has 0 atom stereocenters. The Balaban J connectivity index is 1.27. The maximum absolute atomic E-state index is 2.54. The van der Waals surface area contributed by atoms with E-state index < -0.39 is 5.41 Å². The van der Waals surface area contributed by atoms with Gasteiger partial charge in [-0.2, -0.15) is 0 Å². The van der Waals surface area contributed by atoms with Gasteiger partial charge in [0.05, 0.1) is 22.1 Å². The summed E-state index contributed by atoms with van der Waals surface area (Å²) in [5.41, 5.74) is 17.0. The molecule has 2 heteroatoms. The van der Waals surface area contributed by atoms with Crippen LogP contribution in [0.4, 0.5) is 17.1 Å². The SMILES string of the molecule is c1ccc(N(c2ccccc2)c2ccc3c4c(cccc24)C2(c4ccccc4-c4ccccc42)c2cc4c5ccccc5n(-c5ccccc5)c4cc2-3)cc1. The van der Waals surface area contributed by atoms with Crippen LogP contribution < -0.4 is 4.90 Å². The second-order valence-electron chi connectivity index (χ2n) is 14.8. The van der Waals surface area contributed by atoms with E-state index in [1.807, 2.05) is 0 Å². The van der Waals surface area contributed by atoms with Crippen LogP contribution in [0.5, 0.6) is 0 Å². The molecule has 0 N–H and O–H groups in total. The molecule has 0 aliphatic heterocycles. The number of anilines is 3. The van der Waals surface area contributed by atoms with E-state index in [2.05, 4.69) is 216 Å². The van der Waals surface area contributed by atoms with Gasteiger partial charge in [0.1, 0.15) is 0 Å². The van der Waals surface area contributed by atoms with Gasteiger partial charge in [-0.05, 0) is 111 Å². The van der Waals surface area contributed by atoms with Crippen LogP contribution in [0.2, 0.25) is 0 Å². The highest BCUT2D eigenvalue weighted by Crippen LogP contribution is 2.63. The van der Waals surface area contributed by atoms with Crippen LogP contribution >= 0.6 is 0 Å². The van der Waals surface area contributed by atoms with Crippen molar-refractivity contribution < 1.29 is 0 Å². The number of aromatic nitrogens is 1. The van der Waals surface area contributed by atoms with Crippen LogP contribution in [0.25, 0.3) is 60.5 Å². The van der Waals surface area contributed by atoms with Crippen molar-refractivity contribution in [3.05, 3.63) is 229 Å². The first-order chi connectivity index (χ1) is 27.3.